The maximum Gasteiger partial charge on any atom is 0.432 e. The molecule has 3 aromatic rings. The van der Waals surface area contributed by atoms with E-state index >= 15 is 0 Å². The summed E-state index contributed by atoms with van der Waals surface area (Å²) in [6.45, 7) is 2.00. The lowest BCUT2D eigenvalue weighted by Gasteiger charge is -2.20. The van der Waals surface area contributed by atoms with Crippen LogP contribution < -0.4 is 4.74 Å². The van der Waals surface area contributed by atoms with E-state index in [9.17, 15) is 43.9 Å². The zero-order chi connectivity index (χ0) is 28.3. The molecular weight excluding hydrogens is 530 g/mol. The first-order chi connectivity index (χ1) is 17.7. The van der Waals surface area contributed by atoms with Crippen molar-refractivity contribution in [3.8, 4) is 16.9 Å². The summed E-state index contributed by atoms with van der Waals surface area (Å²) in [5, 5.41) is 0. The van der Waals surface area contributed by atoms with E-state index in [1.165, 1.54) is 12.1 Å². The van der Waals surface area contributed by atoms with Gasteiger partial charge in [-0.1, -0.05) is 31.9 Å². The summed E-state index contributed by atoms with van der Waals surface area (Å²) in [5.74, 6) is -9.12. The second-order valence-electron chi connectivity index (χ2n) is 8.38. The minimum Gasteiger partial charge on any atom is -0.429 e. The Morgan fingerprint density at radius 2 is 1.34 bits per heavy atom. The predicted molar refractivity (Wildman–Crippen MR) is 121 cm³/mol. The van der Waals surface area contributed by atoms with E-state index in [4.69, 9.17) is 0 Å². The van der Waals surface area contributed by atoms with E-state index in [-0.39, 0.29) is 29.3 Å². The van der Waals surface area contributed by atoms with Crippen LogP contribution in [0.4, 0.5) is 43.9 Å². The Labute approximate surface area is 211 Å². The Morgan fingerprint density at radius 1 is 0.737 bits per heavy atom. The Balaban J connectivity index is 1.89. The van der Waals surface area contributed by atoms with Crippen molar-refractivity contribution in [1.82, 2.24) is 0 Å². The van der Waals surface area contributed by atoms with Gasteiger partial charge in [0.25, 0.3) is 0 Å². The second-order valence-corrected chi connectivity index (χ2v) is 8.38. The monoisotopic (exact) mass is 550 g/mol. The molecule has 0 aliphatic heterocycles. The molecule has 0 unspecified atom stereocenters. The van der Waals surface area contributed by atoms with Gasteiger partial charge < -0.3 is 4.74 Å². The molecule has 0 atom stereocenters. The molecule has 0 saturated carbocycles. The van der Waals surface area contributed by atoms with Gasteiger partial charge in [0.1, 0.15) is 40.4 Å². The van der Waals surface area contributed by atoms with Gasteiger partial charge in [0, 0.05) is 29.3 Å². The molecule has 0 bridgehead atoms. The van der Waals surface area contributed by atoms with Crippen molar-refractivity contribution in [2.45, 2.75) is 44.9 Å². The van der Waals surface area contributed by atoms with Gasteiger partial charge >= 0.3 is 12.3 Å². The lowest BCUT2D eigenvalue weighted by atomic mass is 9.99. The maximum absolute atomic E-state index is 14.7. The fourth-order valence-corrected chi connectivity index (χ4v) is 3.69. The zero-order valence-corrected chi connectivity index (χ0v) is 19.7. The number of aryl methyl sites for hydroxylation is 1. The Morgan fingerprint density at radius 3 is 1.87 bits per heavy atom. The SMILES string of the molecule is CCCCCc1ccc(-c2cc(F)c(C(F)(F)Oc3cc(F)c(/C=C/C(F)(F)F)c(F)c3)c(F)c2)c(F)c1. The fraction of sp³-hybridized carbons (Fsp3) is 0.259. The average Bonchev–Trinajstić information content (AvgIpc) is 2.77. The van der Waals surface area contributed by atoms with Crippen LogP contribution in [-0.2, 0) is 12.5 Å². The largest absolute Gasteiger partial charge is 0.432 e. The maximum atomic E-state index is 14.7. The fourth-order valence-electron chi connectivity index (χ4n) is 3.69. The molecule has 38 heavy (non-hydrogen) atoms. The first kappa shape index (κ1) is 29.1. The summed E-state index contributed by atoms with van der Waals surface area (Å²) in [4.78, 5) is 0. The summed E-state index contributed by atoms with van der Waals surface area (Å²) in [7, 11) is 0. The van der Waals surface area contributed by atoms with E-state index < -0.39 is 64.3 Å². The predicted octanol–water partition coefficient (Wildman–Crippen LogP) is 9.49. The van der Waals surface area contributed by atoms with Crippen LogP contribution in [0.2, 0.25) is 0 Å². The molecule has 0 saturated heterocycles. The number of allylic oxidation sites excluding steroid dienone is 1. The highest BCUT2D eigenvalue weighted by Gasteiger charge is 2.41. The smallest absolute Gasteiger partial charge is 0.429 e. The van der Waals surface area contributed by atoms with Crippen LogP contribution >= 0.6 is 0 Å². The first-order valence-electron chi connectivity index (χ1n) is 11.3. The van der Waals surface area contributed by atoms with Gasteiger partial charge in [0.15, 0.2) is 0 Å². The molecule has 0 radical (unpaired) electrons. The number of hydrogen-bond acceptors (Lipinski definition) is 1. The van der Waals surface area contributed by atoms with Crippen molar-refractivity contribution >= 4 is 6.08 Å². The second kappa shape index (κ2) is 11.5. The molecule has 0 spiro atoms. The molecule has 0 aliphatic rings. The average molecular weight is 550 g/mol. The summed E-state index contributed by atoms with van der Waals surface area (Å²) in [6, 6.07) is 5.17. The van der Waals surface area contributed by atoms with E-state index in [1.54, 1.807) is 6.07 Å². The summed E-state index contributed by atoms with van der Waals surface area (Å²) in [6.07, 6.45) is -6.87. The standard InChI is InChI=1S/C27H20F10O/c1-2-3-4-5-15-6-7-18(20(28)10-15)16-11-23(31)25(24(32)12-16)27(36,37)38-17-13-21(29)19(22(30)14-17)8-9-26(33,34)35/h6-14H,2-5H2,1H3/b9-8+. The molecule has 0 aliphatic carbocycles. The zero-order valence-electron chi connectivity index (χ0n) is 19.7. The van der Waals surface area contributed by atoms with E-state index in [0.717, 1.165) is 19.3 Å². The van der Waals surface area contributed by atoms with Crippen molar-refractivity contribution in [3.05, 3.63) is 94.3 Å². The Kier molecular flexibility index (Phi) is 8.79. The van der Waals surface area contributed by atoms with Crippen LogP contribution in [0.1, 0.15) is 42.9 Å². The van der Waals surface area contributed by atoms with Crippen LogP contribution in [0.25, 0.3) is 17.2 Å². The van der Waals surface area contributed by atoms with Gasteiger partial charge in [-0.3, -0.25) is 0 Å². The highest BCUT2D eigenvalue weighted by Crippen LogP contribution is 2.38. The molecule has 3 rings (SSSR count). The van der Waals surface area contributed by atoms with Crippen LogP contribution in [0.3, 0.4) is 0 Å². The van der Waals surface area contributed by atoms with Crippen LogP contribution in [-0.4, -0.2) is 6.18 Å². The molecule has 11 heteroatoms. The number of benzene rings is 3. The Bertz CT molecular complexity index is 1280. The number of hydrogen-bond donors (Lipinski definition) is 0. The third kappa shape index (κ3) is 7.08. The first-order valence-corrected chi connectivity index (χ1v) is 11.3. The van der Waals surface area contributed by atoms with Gasteiger partial charge in [-0.15, -0.1) is 0 Å². The van der Waals surface area contributed by atoms with Crippen molar-refractivity contribution in [1.29, 1.82) is 0 Å². The van der Waals surface area contributed by atoms with Gasteiger partial charge in [-0.2, -0.15) is 22.0 Å². The lowest BCUT2D eigenvalue weighted by molar-refractivity contribution is -0.189. The van der Waals surface area contributed by atoms with E-state index in [0.29, 0.717) is 24.1 Å². The van der Waals surface area contributed by atoms with Crippen molar-refractivity contribution in [2.24, 2.45) is 0 Å². The minimum absolute atomic E-state index is 0.0432. The van der Waals surface area contributed by atoms with Crippen LogP contribution in [0, 0.1) is 29.1 Å². The minimum atomic E-state index is -4.90. The van der Waals surface area contributed by atoms with Gasteiger partial charge in [-0.05, 0) is 48.2 Å². The normalized spacial score (nSPS) is 12.4. The van der Waals surface area contributed by atoms with Crippen molar-refractivity contribution < 1.29 is 48.6 Å². The molecule has 0 aromatic heterocycles. The van der Waals surface area contributed by atoms with E-state index in [2.05, 4.69) is 4.74 Å². The summed E-state index contributed by atoms with van der Waals surface area (Å²) in [5.41, 5.74) is -3.09. The van der Waals surface area contributed by atoms with E-state index in [1.807, 2.05) is 6.92 Å². The van der Waals surface area contributed by atoms with Gasteiger partial charge in [-0.25, -0.2) is 22.0 Å². The molecule has 1 nitrogen and oxygen atoms in total. The molecule has 204 valence electrons. The van der Waals surface area contributed by atoms with Crippen molar-refractivity contribution in [3.63, 3.8) is 0 Å². The number of ether oxygens (including phenoxy) is 1. The van der Waals surface area contributed by atoms with Crippen molar-refractivity contribution in [2.75, 3.05) is 0 Å². The highest BCUT2D eigenvalue weighted by molar-refractivity contribution is 5.65. The number of alkyl halides is 5. The lowest BCUT2D eigenvalue weighted by Crippen LogP contribution is -2.25. The van der Waals surface area contributed by atoms with Crippen LogP contribution in [0.15, 0.2) is 48.5 Å². The topological polar surface area (TPSA) is 9.23 Å². The Hall–Kier alpha value is -3.50. The molecule has 3 aromatic carbocycles. The number of unbranched alkanes of at least 4 members (excludes halogenated alkanes) is 2. The molecular formula is C27H20F10O. The summed E-state index contributed by atoms with van der Waals surface area (Å²) >= 11 is 0. The van der Waals surface area contributed by atoms with Crippen LogP contribution in [0.5, 0.6) is 5.75 Å². The quantitative estimate of drug-likeness (QED) is 0.191. The van der Waals surface area contributed by atoms with Gasteiger partial charge in [0.2, 0.25) is 0 Å². The molecule has 0 amide bonds. The van der Waals surface area contributed by atoms with Gasteiger partial charge in [0.05, 0.1) is 0 Å². The summed E-state index contributed by atoms with van der Waals surface area (Å²) < 4.78 is 142. The highest BCUT2D eigenvalue weighted by atomic mass is 19.4. The third-order valence-corrected chi connectivity index (χ3v) is 5.48. The number of halogens is 10. The molecule has 0 heterocycles. The molecule has 0 fully saturated rings. The molecule has 0 N–H and O–H groups in total. The third-order valence-electron chi connectivity index (χ3n) is 5.48. The number of rotatable bonds is 9.